The highest BCUT2D eigenvalue weighted by atomic mass is 35.5. The van der Waals surface area contributed by atoms with Gasteiger partial charge in [-0.15, -0.1) is 0 Å². The van der Waals surface area contributed by atoms with E-state index in [1.807, 2.05) is 0 Å². The van der Waals surface area contributed by atoms with E-state index >= 15 is 0 Å². The highest BCUT2D eigenvalue weighted by molar-refractivity contribution is 6.42. The molecule has 3 aromatic rings. The van der Waals surface area contributed by atoms with Gasteiger partial charge in [-0.25, -0.2) is 4.39 Å². The lowest BCUT2D eigenvalue weighted by Gasteiger charge is -2.09. The Kier molecular flexibility index (Phi) is 5.50. The van der Waals surface area contributed by atoms with Crippen LogP contribution in [0.25, 0.3) is 6.08 Å². The second-order valence-electron chi connectivity index (χ2n) is 6.26. The second kappa shape index (κ2) is 8.07. The van der Waals surface area contributed by atoms with Crippen molar-refractivity contribution in [2.75, 3.05) is 0 Å². The zero-order valence-electron chi connectivity index (χ0n) is 14.7. The van der Waals surface area contributed by atoms with Crippen LogP contribution in [0.4, 0.5) is 4.39 Å². The average molecular weight is 450 g/mol. The zero-order valence-corrected chi connectivity index (χ0v) is 17.0. The van der Waals surface area contributed by atoms with Crippen molar-refractivity contribution in [1.82, 2.24) is 0 Å². The Bertz CT molecular complexity index is 1140. The summed E-state index contributed by atoms with van der Waals surface area (Å²) in [5, 5.41) is 1.09. The summed E-state index contributed by atoms with van der Waals surface area (Å²) in [5.41, 5.74) is 1.35. The number of hydrogen-bond acceptors (Lipinski definition) is 3. The lowest BCUT2D eigenvalue weighted by Crippen LogP contribution is -1.99. The van der Waals surface area contributed by atoms with Crippen LogP contribution in [0.15, 0.2) is 60.4 Å². The first-order valence-electron chi connectivity index (χ1n) is 8.51. The van der Waals surface area contributed by atoms with Gasteiger partial charge in [-0.2, -0.15) is 0 Å². The quantitative estimate of drug-likeness (QED) is 0.403. The highest BCUT2D eigenvalue weighted by Crippen LogP contribution is 2.36. The van der Waals surface area contributed by atoms with Crippen molar-refractivity contribution in [2.24, 2.45) is 0 Å². The third-order valence-corrected chi connectivity index (χ3v) is 5.42. The normalized spacial score (nSPS) is 14.1. The molecule has 0 aliphatic carbocycles. The number of carbonyl (C=O) groups excluding carboxylic acids is 1. The van der Waals surface area contributed by atoms with E-state index in [0.29, 0.717) is 32.7 Å². The van der Waals surface area contributed by atoms with Gasteiger partial charge in [-0.3, -0.25) is 4.79 Å². The van der Waals surface area contributed by atoms with Crippen LogP contribution in [-0.2, 0) is 6.61 Å². The molecule has 0 saturated heterocycles. The van der Waals surface area contributed by atoms with Crippen LogP contribution < -0.4 is 9.47 Å². The molecule has 1 aliphatic rings. The lowest BCUT2D eigenvalue weighted by molar-refractivity contribution is 0.101. The van der Waals surface area contributed by atoms with Crippen LogP contribution in [0, 0.1) is 5.82 Å². The summed E-state index contributed by atoms with van der Waals surface area (Å²) in [6, 6.07) is 14.3. The molecule has 0 amide bonds. The van der Waals surface area contributed by atoms with Crippen molar-refractivity contribution in [3.05, 3.63) is 97.9 Å². The van der Waals surface area contributed by atoms with Crippen molar-refractivity contribution in [3.63, 3.8) is 0 Å². The van der Waals surface area contributed by atoms with Crippen LogP contribution in [0.3, 0.4) is 0 Å². The molecule has 1 aliphatic heterocycles. The smallest absolute Gasteiger partial charge is 0.231 e. The minimum Gasteiger partial charge on any atom is -0.489 e. The van der Waals surface area contributed by atoms with Crippen molar-refractivity contribution in [3.8, 4) is 11.5 Å². The van der Waals surface area contributed by atoms with E-state index in [0.717, 1.165) is 0 Å². The van der Waals surface area contributed by atoms with Crippen LogP contribution in [0.5, 0.6) is 11.5 Å². The summed E-state index contributed by atoms with van der Waals surface area (Å²) in [7, 11) is 0. The zero-order chi connectivity index (χ0) is 20.5. The standard InChI is InChI=1S/C22H12Cl3FO3/c23-16-2-1-3-19(26)15(16)11-28-13-5-6-14-20(10-13)29-21(22(14)27)9-12-4-7-17(24)18(25)8-12/h1-10H,11H2. The molecule has 0 fully saturated rings. The molecule has 0 bridgehead atoms. The van der Waals surface area contributed by atoms with Gasteiger partial charge in [0.25, 0.3) is 0 Å². The maximum Gasteiger partial charge on any atom is 0.231 e. The summed E-state index contributed by atoms with van der Waals surface area (Å²) >= 11 is 17.9. The van der Waals surface area contributed by atoms with E-state index in [-0.39, 0.29) is 28.7 Å². The molecule has 146 valence electrons. The Morgan fingerprint density at radius 1 is 0.966 bits per heavy atom. The summed E-state index contributed by atoms with van der Waals surface area (Å²) < 4.78 is 25.2. The van der Waals surface area contributed by atoms with Crippen LogP contribution in [0.2, 0.25) is 15.1 Å². The van der Waals surface area contributed by atoms with Gasteiger partial charge in [0.05, 0.1) is 20.6 Å². The largest absolute Gasteiger partial charge is 0.489 e. The third kappa shape index (κ3) is 4.10. The van der Waals surface area contributed by atoms with Gasteiger partial charge in [-0.05, 0) is 48.0 Å². The molecule has 0 N–H and O–H groups in total. The number of halogens is 4. The van der Waals surface area contributed by atoms with Gasteiger partial charge in [0.1, 0.15) is 23.9 Å². The van der Waals surface area contributed by atoms with E-state index in [2.05, 4.69) is 0 Å². The number of carbonyl (C=O) groups is 1. The fourth-order valence-corrected chi connectivity index (χ4v) is 3.36. The van der Waals surface area contributed by atoms with E-state index in [1.54, 1.807) is 48.5 Å². The van der Waals surface area contributed by atoms with Crippen molar-refractivity contribution in [2.45, 2.75) is 6.61 Å². The SMILES string of the molecule is O=C1C(=Cc2ccc(Cl)c(Cl)c2)Oc2cc(OCc3c(F)cccc3Cl)ccc21. The number of ketones is 1. The first-order chi connectivity index (χ1) is 13.9. The minimum absolute atomic E-state index is 0.0514. The number of rotatable bonds is 4. The number of fused-ring (bicyclic) bond motifs is 1. The maximum absolute atomic E-state index is 13.9. The Hall–Kier alpha value is -2.53. The number of hydrogen-bond donors (Lipinski definition) is 0. The number of allylic oxidation sites excluding steroid dienone is 1. The number of benzene rings is 3. The van der Waals surface area contributed by atoms with Crippen LogP contribution in [-0.4, -0.2) is 5.78 Å². The molecule has 0 atom stereocenters. The molecule has 29 heavy (non-hydrogen) atoms. The van der Waals surface area contributed by atoms with Crippen molar-refractivity contribution in [1.29, 1.82) is 0 Å². The lowest BCUT2D eigenvalue weighted by atomic mass is 10.1. The molecule has 0 aromatic heterocycles. The van der Waals surface area contributed by atoms with Gasteiger partial charge in [0, 0.05) is 11.6 Å². The van der Waals surface area contributed by atoms with Gasteiger partial charge >= 0.3 is 0 Å². The van der Waals surface area contributed by atoms with E-state index in [1.165, 1.54) is 12.1 Å². The first-order valence-corrected chi connectivity index (χ1v) is 9.65. The molecular formula is C22H12Cl3FO3. The highest BCUT2D eigenvalue weighted by Gasteiger charge is 2.27. The van der Waals surface area contributed by atoms with Gasteiger partial charge in [0.15, 0.2) is 5.76 Å². The number of ether oxygens (including phenoxy) is 2. The molecule has 7 heteroatoms. The van der Waals surface area contributed by atoms with E-state index < -0.39 is 5.82 Å². The van der Waals surface area contributed by atoms with E-state index in [4.69, 9.17) is 44.3 Å². The molecule has 4 rings (SSSR count). The molecule has 0 radical (unpaired) electrons. The second-order valence-corrected chi connectivity index (χ2v) is 7.48. The topological polar surface area (TPSA) is 35.5 Å². The van der Waals surface area contributed by atoms with Gasteiger partial charge < -0.3 is 9.47 Å². The van der Waals surface area contributed by atoms with Gasteiger partial charge in [-0.1, -0.05) is 46.9 Å². The summed E-state index contributed by atoms with van der Waals surface area (Å²) in [6.45, 7) is -0.0514. The van der Waals surface area contributed by atoms with Crippen LogP contribution in [0.1, 0.15) is 21.5 Å². The minimum atomic E-state index is -0.447. The molecule has 3 aromatic carbocycles. The van der Waals surface area contributed by atoms with E-state index in [9.17, 15) is 9.18 Å². The predicted octanol–water partition coefficient (Wildman–Crippen LogP) is 6.98. The molecule has 0 spiro atoms. The Balaban J connectivity index is 1.54. The summed E-state index contributed by atoms with van der Waals surface area (Å²) in [6.07, 6.45) is 1.59. The fourth-order valence-electron chi connectivity index (χ4n) is 2.84. The Morgan fingerprint density at radius 3 is 2.55 bits per heavy atom. The monoisotopic (exact) mass is 448 g/mol. The Labute approximate surface area is 181 Å². The van der Waals surface area contributed by atoms with Crippen LogP contribution >= 0.6 is 34.8 Å². The first kappa shape index (κ1) is 19.8. The molecular weight excluding hydrogens is 438 g/mol. The summed E-state index contributed by atoms with van der Waals surface area (Å²) in [5.74, 6) is 0.240. The van der Waals surface area contributed by atoms with Crippen molar-refractivity contribution >= 4 is 46.7 Å². The predicted molar refractivity (Wildman–Crippen MR) is 112 cm³/mol. The maximum atomic E-state index is 13.9. The average Bonchev–Trinajstić information content (AvgIpc) is 2.99. The Morgan fingerprint density at radius 2 is 1.79 bits per heavy atom. The molecule has 0 unspecified atom stereocenters. The molecule has 0 saturated carbocycles. The van der Waals surface area contributed by atoms with Crippen molar-refractivity contribution < 1.29 is 18.7 Å². The third-order valence-electron chi connectivity index (χ3n) is 4.33. The molecule has 1 heterocycles. The van der Waals surface area contributed by atoms with Gasteiger partial charge in [0.2, 0.25) is 5.78 Å². The fraction of sp³-hybridized carbons (Fsp3) is 0.0455. The summed E-state index contributed by atoms with van der Waals surface area (Å²) in [4.78, 5) is 12.6. The molecule has 3 nitrogen and oxygen atoms in total. The number of Topliss-reactive ketones (excluding diaryl/α,β-unsaturated/α-hetero) is 1.